The SMILES string of the molecule is COc1ccc(C=Nc2c(-c3ccccc3)c(C(F)(F)F)nn2C)cc1. The number of nitrogens with zero attached hydrogens (tertiary/aromatic N) is 3. The zero-order valence-electron chi connectivity index (χ0n) is 14.2. The number of hydrogen-bond acceptors (Lipinski definition) is 3. The molecule has 0 saturated heterocycles. The lowest BCUT2D eigenvalue weighted by Gasteiger charge is -2.07. The number of ether oxygens (including phenoxy) is 1. The molecule has 0 aliphatic rings. The highest BCUT2D eigenvalue weighted by Gasteiger charge is 2.39. The summed E-state index contributed by atoms with van der Waals surface area (Å²) in [6.45, 7) is 0. The summed E-state index contributed by atoms with van der Waals surface area (Å²) in [6.07, 6.45) is -3.07. The molecule has 2 aromatic carbocycles. The number of hydrogen-bond donors (Lipinski definition) is 0. The van der Waals surface area contributed by atoms with Gasteiger partial charge in [0.05, 0.1) is 12.7 Å². The topological polar surface area (TPSA) is 39.4 Å². The van der Waals surface area contributed by atoms with Crippen LogP contribution in [0.15, 0.2) is 59.6 Å². The summed E-state index contributed by atoms with van der Waals surface area (Å²) in [6, 6.07) is 15.4. The first-order valence-electron chi connectivity index (χ1n) is 7.78. The summed E-state index contributed by atoms with van der Waals surface area (Å²) in [5.74, 6) is 0.825. The maximum atomic E-state index is 13.4. The van der Waals surface area contributed by atoms with Gasteiger partial charge in [-0.1, -0.05) is 30.3 Å². The first-order chi connectivity index (χ1) is 12.4. The third-order valence-corrected chi connectivity index (χ3v) is 3.80. The first kappa shape index (κ1) is 17.7. The van der Waals surface area contributed by atoms with Gasteiger partial charge in [-0.25, -0.2) is 9.67 Å². The Morgan fingerprint density at radius 1 is 1.04 bits per heavy atom. The van der Waals surface area contributed by atoms with Crippen molar-refractivity contribution in [1.29, 1.82) is 0 Å². The molecule has 134 valence electrons. The van der Waals surface area contributed by atoms with Crippen LogP contribution in [0.1, 0.15) is 11.3 Å². The summed E-state index contributed by atoms with van der Waals surface area (Å²) < 4.78 is 46.5. The van der Waals surface area contributed by atoms with Crippen molar-refractivity contribution in [1.82, 2.24) is 9.78 Å². The van der Waals surface area contributed by atoms with E-state index in [9.17, 15) is 13.2 Å². The van der Waals surface area contributed by atoms with Crippen LogP contribution in [0.25, 0.3) is 11.1 Å². The van der Waals surface area contributed by atoms with Gasteiger partial charge in [0, 0.05) is 13.3 Å². The largest absolute Gasteiger partial charge is 0.497 e. The van der Waals surface area contributed by atoms with Crippen LogP contribution in [0.2, 0.25) is 0 Å². The molecule has 0 radical (unpaired) electrons. The molecule has 26 heavy (non-hydrogen) atoms. The molecule has 3 rings (SSSR count). The standard InChI is InChI=1S/C19H16F3N3O/c1-25-18(23-12-13-8-10-15(26-2)11-9-13)16(14-6-4-3-5-7-14)17(24-25)19(20,21)22/h3-12H,1-2H3. The zero-order valence-corrected chi connectivity index (χ0v) is 14.2. The average molecular weight is 359 g/mol. The van der Waals surface area contributed by atoms with E-state index in [1.165, 1.54) is 13.3 Å². The Morgan fingerprint density at radius 2 is 1.69 bits per heavy atom. The van der Waals surface area contributed by atoms with Crippen molar-refractivity contribution >= 4 is 12.0 Å². The molecule has 0 unspecified atom stereocenters. The van der Waals surface area contributed by atoms with Crippen LogP contribution in [0.3, 0.4) is 0 Å². The maximum Gasteiger partial charge on any atom is 0.435 e. The van der Waals surface area contributed by atoms with Gasteiger partial charge >= 0.3 is 6.18 Å². The zero-order chi connectivity index (χ0) is 18.7. The molecular weight excluding hydrogens is 343 g/mol. The highest BCUT2D eigenvalue weighted by atomic mass is 19.4. The number of rotatable bonds is 4. The Balaban J connectivity index is 2.08. The van der Waals surface area contributed by atoms with Crippen molar-refractivity contribution in [2.75, 3.05) is 7.11 Å². The smallest absolute Gasteiger partial charge is 0.435 e. The van der Waals surface area contributed by atoms with Crippen molar-refractivity contribution in [2.45, 2.75) is 6.18 Å². The molecule has 0 aliphatic carbocycles. The summed E-state index contributed by atoms with van der Waals surface area (Å²) in [5.41, 5.74) is 0.160. The molecule has 0 atom stereocenters. The fraction of sp³-hybridized carbons (Fsp3) is 0.158. The molecule has 0 saturated carbocycles. The van der Waals surface area contributed by atoms with Gasteiger partial charge in [-0.2, -0.15) is 18.3 Å². The van der Waals surface area contributed by atoms with E-state index in [2.05, 4.69) is 10.1 Å². The fourth-order valence-corrected chi connectivity index (χ4v) is 2.56. The van der Waals surface area contributed by atoms with E-state index < -0.39 is 11.9 Å². The van der Waals surface area contributed by atoms with E-state index in [0.717, 1.165) is 10.2 Å². The van der Waals surface area contributed by atoms with Crippen molar-refractivity contribution in [3.05, 3.63) is 65.9 Å². The lowest BCUT2D eigenvalue weighted by atomic mass is 10.1. The van der Waals surface area contributed by atoms with E-state index in [1.54, 1.807) is 61.7 Å². The summed E-state index contributed by atoms with van der Waals surface area (Å²) in [7, 11) is 3.01. The number of aliphatic imine (C=N–C) groups is 1. The van der Waals surface area contributed by atoms with E-state index in [4.69, 9.17) is 4.74 Å². The van der Waals surface area contributed by atoms with E-state index in [-0.39, 0.29) is 11.4 Å². The Kier molecular flexibility index (Phi) is 4.79. The lowest BCUT2D eigenvalue weighted by molar-refractivity contribution is -0.140. The fourth-order valence-electron chi connectivity index (χ4n) is 2.56. The van der Waals surface area contributed by atoms with Crippen LogP contribution < -0.4 is 4.74 Å². The van der Waals surface area contributed by atoms with Crippen LogP contribution in [0.5, 0.6) is 5.75 Å². The van der Waals surface area contributed by atoms with Crippen LogP contribution in [0.4, 0.5) is 19.0 Å². The average Bonchev–Trinajstić information content (AvgIpc) is 2.98. The van der Waals surface area contributed by atoms with E-state index in [0.29, 0.717) is 11.3 Å². The molecule has 3 aromatic rings. The van der Waals surface area contributed by atoms with Gasteiger partial charge in [0.25, 0.3) is 0 Å². The minimum absolute atomic E-state index is 0.0367. The summed E-state index contributed by atoms with van der Waals surface area (Å²) in [5, 5.41) is 3.66. The Hall–Kier alpha value is -3.09. The molecule has 0 N–H and O–H groups in total. The molecule has 0 spiro atoms. The molecule has 7 heteroatoms. The molecule has 0 fully saturated rings. The molecule has 0 aliphatic heterocycles. The minimum atomic E-state index is -4.57. The lowest BCUT2D eigenvalue weighted by Crippen LogP contribution is -2.08. The van der Waals surface area contributed by atoms with E-state index in [1.807, 2.05) is 0 Å². The highest BCUT2D eigenvalue weighted by Crippen LogP contribution is 2.41. The Morgan fingerprint density at radius 3 is 2.27 bits per heavy atom. The first-order valence-corrected chi connectivity index (χ1v) is 7.78. The quantitative estimate of drug-likeness (QED) is 0.624. The molecule has 1 heterocycles. The second-order valence-corrected chi connectivity index (χ2v) is 5.57. The van der Waals surface area contributed by atoms with Gasteiger partial charge in [-0.05, 0) is 35.4 Å². The number of alkyl halides is 3. The third kappa shape index (κ3) is 3.61. The van der Waals surface area contributed by atoms with Crippen molar-refractivity contribution in [2.24, 2.45) is 12.0 Å². The van der Waals surface area contributed by atoms with Gasteiger partial charge in [0.15, 0.2) is 11.5 Å². The number of aryl methyl sites for hydroxylation is 1. The third-order valence-electron chi connectivity index (χ3n) is 3.80. The molecule has 0 amide bonds. The summed E-state index contributed by atoms with van der Waals surface area (Å²) in [4.78, 5) is 4.28. The van der Waals surface area contributed by atoms with Crippen molar-refractivity contribution in [3.8, 4) is 16.9 Å². The number of benzene rings is 2. The second-order valence-electron chi connectivity index (χ2n) is 5.57. The van der Waals surface area contributed by atoms with Gasteiger partial charge in [-0.15, -0.1) is 0 Å². The predicted octanol–water partition coefficient (Wildman–Crippen LogP) is 4.87. The van der Waals surface area contributed by atoms with Crippen LogP contribution in [0, 0.1) is 0 Å². The van der Waals surface area contributed by atoms with Crippen LogP contribution >= 0.6 is 0 Å². The number of halogens is 3. The molecule has 4 nitrogen and oxygen atoms in total. The van der Waals surface area contributed by atoms with Gasteiger partial charge in [0.1, 0.15) is 5.75 Å². The number of aromatic nitrogens is 2. The normalized spacial score (nSPS) is 11.9. The minimum Gasteiger partial charge on any atom is -0.497 e. The molecular formula is C19H16F3N3O. The highest BCUT2D eigenvalue weighted by molar-refractivity contribution is 5.85. The Bertz CT molecular complexity index is 914. The second kappa shape index (κ2) is 7.03. The predicted molar refractivity (Wildman–Crippen MR) is 93.9 cm³/mol. The van der Waals surface area contributed by atoms with Gasteiger partial charge in [-0.3, -0.25) is 0 Å². The van der Waals surface area contributed by atoms with Crippen molar-refractivity contribution < 1.29 is 17.9 Å². The number of methoxy groups -OCH3 is 1. The Labute approximate surface area is 148 Å². The van der Waals surface area contributed by atoms with Crippen LogP contribution in [-0.4, -0.2) is 23.1 Å². The van der Waals surface area contributed by atoms with Gasteiger partial charge < -0.3 is 4.74 Å². The van der Waals surface area contributed by atoms with E-state index >= 15 is 0 Å². The molecule has 0 bridgehead atoms. The van der Waals surface area contributed by atoms with Gasteiger partial charge in [0.2, 0.25) is 0 Å². The summed E-state index contributed by atoms with van der Waals surface area (Å²) >= 11 is 0. The maximum absolute atomic E-state index is 13.4. The molecule has 1 aromatic heterocycles. The van der Waals surface area contributed by atoms with Crippen molar-refractivity contribution in [3.63, 3.8) is 0 Å². The monoisotopic (exact) mass is 359 g/mol. The van der Waals surface area contributed by atoms with Crippen LogP contribution in [-0.2, 0) is 13.2 Å².